The fourth-order valence-electron chi connectivity index (χ4n) is 4.09. The van der Waals surface area contributed by atoms with Crippen LogP contribution in [0.2, 0.25) is 0 Å². The minimum absolute atomic E-state index is 0.360. The predicted octanol–water partition coefficient (Wildman–Crippen LogP) is 6.66. The van der Waals surface area contributed by atoms with Crippen LogP contribution in [-0.2, 0) is 17.4 Å². The summed E-state index contributed by atoms with van der Waals surface area (Å²) in [6, 6.07) is 20.0. The molecule has 0 fully saturated rings. The van der Waals surface area contributed by atoms with Gasteiger partial charge in [0.25, 0.3) is 0 Å². The maximum Gasteiger partial charge on any atom is 0.584 e. The van der Waals surface area contributed by atoms with Gasteiger partial charge < -0.3 is 9.05 Å². The first-order valence-electron chi connectivity index (χ1n) is 9.82. The zero-order valence-corrected chi connectivity index (χ0v) is 17.2. The molecule has 0 amide bonds. The van der Waals surface area contributed by atoms with Gasteiger partial charge in [0.15, 0.2) is 0 Å². The third-order valence-electron chi connectivity index (χ3n) is 5.59. The number of fused-ring (bicyclic) bond motifs is 7. The van der Waals surface area contributed by atoms with Gasteiger partial charge in [-0.05, 0) is 57.6 Å². The molecule has 146 valence electrons. The van der Waals surface area contributed by atoms with Crippen molar-refractivity contribution in [1.82, 2.24) is 0 Å². The zero-order valence-electron chi connectivity index (χ0n) is 16.3. The minimum Gasteiger partial charge on any atom is -0.395 e. The summed E-state index contributed by atoms with van der Waals surface area (Å²) in [4.78, 5) is 10.3. The van der Waals surface area contributed by atoms with E-state index in [1.807, 2.05) is 12.1 Å². The average molecular weight is 404 g/mol. The van der Waals surface area contributed by atoms with Gasteiger partial charge in [0.05, 0.1) is 0 Å². The van der Waals surface area contributed by atoms with Gasteiger partial charge >= 0.3 is 7.82 Å². The van der Waals surface area contributed by atoms with Crippen LogP contribution in [-0.4, -0.2) is 4.89 Å². The third kappa shape index (κ3) is 3.00. The van der Waals surface area contributed by atoms with Crippen LogP contribution in [0.3, 0.4) is 0 Å². The van der Waals surface area contributed by atoms with E-state index in [1.54, 1.807) is 12.1 Å². The highest BCUT2D eigenvalue weighted by atomic mass is 31.2. The summed E-state index contributed by atoms with van der Waals surface area (Å²) in [6.45, 7) is 4.25. The lowest BCUT2D eigenvalue weighted by Gasteiger charge is -2.14. The van der Waals surface area contributed by atoms with Crippen LogP contribution < -0.4 is 9.05 Å². The molecule has 1 aliphatic rings. The highest BCUT2D eigenvalue weighted by molar-refractivity contribution is 7.48. The van der Waals surface area contributed by atoms with E-state index < -0.39 is 7.82 Å². The number of hydrogen-bond donors (Lipinski definition) is 1. The van der Waals surface area contributed by atoms with Crippen LogP contribution in [0.15, 0.2) is 60.7 Å². The summed E-state index contributed by atoms with van der Waals surface area (Å²) < 4.78 is 23.5. The lowest BCUT2D eigenvalue weighted by Crippen LogP contribution is -1.97. The zero-order chi connectivity index (χ0) is 20.2. The maximum atomic E-state index is 12.6. The summed E-state index contributed by atoms with van der Waals surface area (Å²) in [5.41, 5.74) is 4.06. The Hall–Kier alpha value is -2.81. The fraction of sp³-hybridized carbons (Fsp3) is 0.167. The van der Waals surface area contributed by atoms with Gasteiger partial charge in [-0.3, -0.25) is 4.89 Å². The highest BCUT2D eigenvalue weighted by Gasteiger charge is 2.33. The van der Waals surface area contributed by atoms with Crippen molar-refractivity contribution in [3.63, 3.8) is 0 Å². The first-order chi connectivity index (χ1) is 14.0. The Morgan fingerprint density at radius 3 is 1.59 bits per heavy atom. The van der Waals surface area contributed by atoms with Crippen molar-refractivity contribution in [2.45, 2.75) is 26.7 Å². The lowest BCUT2D eigenvalue weighted by atomic mass is 9.91. The van der Waals surface area contributed by atoms with E-state index in [0.29, 0.717) is 11.5 Å². The number of rotatable bonds is 2. The van der Waals surface area contributed by atoms with E-state index >= 15 is 0 Å². The fourth-order valence-corrected chi connectivity index (χ4v) is 4.93. The van der Waals surface area contributed by atoms with Gasteiger partial charge in [-0.1, -0.05) is 62.4 Å². The lowest BCUT2D eigenvalue weighted by molar-refractivity contribution is 0.294. The summed E-state index contributed by atoms with van der Waals surface area (Å²) in [6.07, 6.45) is 1.88. The van der Waals surface area contributed by atoms with Crippen molar-refractivity contribution < 1.29 is 18.5 Å². The average Bonchev–Trinajstić information content (AvgIpc) is 2.84. The Labute approximate surface area is 169 Å². The van der Waals surface area contributed by atoms with E-state index in [0.717, 1.165) is 45.5 Å². The summed E-state index contributed by atoms with van der Waals surface area (Å²) in [7, 11) is -4.28. The molecule has 1 aliphatic heterocycles. The van der Waals surface area contributed by atoms with Crippen molar-refractivity contribution in [2.24, 2.45) is 0 Å². The molecular formula is C24H21O4P. The Kier molecular flexibility index (Phi) is 4.16. The molecule has 4 nitrogen and oxygen atoms in total. The topological polar surface area (TPSA) is 55.8 Å². The van der Waals surface area contributed by atoms with Crippen molar-refractivity contribution in [1.29, 1.82) is 0 Å². The van der Waals surface area contributed by atoms with E-state index in [-0.39, 0.29) is 0 Å². The number of aryl methyl sites for hydroxylation is 2. The molecule has 0 aromatic heterocycles. The largest absolute Gasteiger partial charge is 0.584 e. The highest BCUT2D eigenvalue weighted by Crippen LogP contribution is 2.56. The molecule has 1 N–H and O–H groups in total. The van der Waals surface area contributed by atoms with Crippen molar-refractivity contribution in [2.75, 3.05) is 0 Å². The summed E-state index contributed by atoms with van der Waals surface area (Å²) in [5.74, 6) is 0.719. The molecule has 29 heavy (non-hydrogen) atoms. The van der Waals surface area contributed by atoms with Crippen molar-refractivity contribution in [3.05, 3.63) is 71.8 Å². The standard InChI is InChI=1S/C24H21O4P/c1-3-15-5-9-19-17(13-15)7-11-21-23(19)24-20-10-6-16(4-2)14-18(20)8-12-22(24)28-29(25,26)27-21/h5-14H,3-4H2,1-2H3,(H,25,26). The number of hydrogen-bond acceptors (Lipinski definition) is 3. The summed E-state index contributed by atoms with van der Waals surface area (Å²) >= 11 is 0. The molecule has 5 heteroatoms. The van der Waals surface area contributed by atoms with Crippen LogP contribution >= 0.6 is 7.82 Å². The van der Waals surface area contributed by atoms with Crippen LogP contribution in [0.1, 0.15) is 25.0 Å². The second kappa shape index (κ2) is 6.62. The van der Waals surface area contributed by atoms with Crippen molar-refractivity contribution >= 4 is 29.4 Å². The normalized spacial score (nSPS) is 14.6. The maximum absolute atomic E-state index is 12.6. The molecular weight excluding hydrogens is 383 g/mol. The molecule has 0 saturated heterocycles. The second-order valence-electron chi connectivity index (χ2n) is 7.35. The molecule has 0 spiro atoms. The molecule has 0 atom stereocenters. The van der Waals surface area contributed by atoms with Gasteiger partial charge in [0, 0.05) is 11.1 Å². The van der Waals surface area contributed by atoms with Crippen LogP contribution in [0.5, 0.6) is 11.5 Å². The summed E-state index contributed by atoms with van der Waals surface area (Å²) in [5, 5.41) is 4.07. The Morgan fingerprint density at radius 1 is 0.724 bits per heavy atom. The molecule has 0 aliphatic carbocycles. The Morgan fingerprint density at radius 2 is 1.17 bits per heavy atom. The molecule has 1 heterocycles. The molecule has 4 aromatic rings. The van der Waals surface area contributed by atoms with Crippen LogP contribution in [0.25, 0.3) is 32.7 Å². The van der Waals surface area contributed by atoms with Gasteiger partial charge in [-0.25, -0.2) is 4.57 Å². The van der Waals surface area contributed by atoms with E-state index in [4.69, 9.17) is 9.05 Å². The second-order valence-corrected chi connectivity index (χ2v) is 8.65. The van der Waals surface area contributed by atoms with Crippen LogP contribution in [0, 0.1) is 0 Å². The number of benzene rings is 4. The SMILES string of the molecule is CCc1ccc2c3c(ccc2c1)OP(=O)(O)Oc1ccc2cc(CC)ccc2c1-3. The minimum atomic E-state index is -4.28. The molecule has 4 aromatic carbocycles. The molecule has 0 saturated carbocycles. The number of phosphoric ester groups is 1. The number of phosphoric acid groups is 1. The Bertz CT molecular complexity index is 1230. The van der Waals surface area contributed by atoms with Crippen LogP contribution in [0.4, 0.5) is 0 Å². The Balaban J connectivity index is 1.93. The van der Waals surface area contributed by atoms with Gasteiger partial charge in [-0.15, -0.1) is 0 Å². The smallest absolute Gasteiger partial charge is 0.395 e. The van der Waals surface area contributed by atoms with Crippen molar-refractivity contribution in [3.8, 4) is 22.6 Å². The van der Waals surface area contributed by atoms with Gasteiger partial charge in [0.2, 0.25) is 0 Å². The van der Waals surface area contributed by atoms with Gasteiger partial charge in [-0.2, -0.15) is 0 Å². The third-order valence-corrected chi connectivity index (χ3v) is 6.44. The monoisotopic (exact) mass is 404 g/mol. The first kappa shape index (κ1) is 18.2. The van der Waals surface area contributed by atoms with E-state index in [9.17, 15) is 9.46 Å². The quantitative estimate of drug-likeness (QED) is 0.380. The molecule has 0 radical (unpaired) electrons. The van der Waals surface area contributed by atoms with E-state index in [1.165, 1.54) is 11.1 Å². The predicted molar refractivity (Wildman–Crippen MR) is 117 cm³/mol. The molecule has 5 rings (SSSR count). The molecule has 0 bridgehead atoms. The molecule has 0 unspecified atom stereocenters. The first-order valence-corrected chi connectivity index (χ1v) is 11.3. The van der Waals surface area contributed by atoms with E-state index in [2.05, 4.69) is 50.2 Å². The van der Waals surface area contributed by atoms with Gasteiger partial charge in [0.1, 0.15) is 11.5 Å².